The zero-order valence-electron chi connectivity index (χ0n) is 9.66. The second-order valence-electron chi connectivity index (χ2n) is 3.94. The average molecular weight is 266 g/mol. The van der Waals surface area contributed by atoms with Gasteiger partial charge in [0.05, 0.1) is 17.5 Å². The topological polar surface area (TPSA) is 56.0 Å². The zero-order chi connectivity index (χ0) is 14.0. The number of carbonyl (C=O) groups excluding carboxylic acids is 1. The van der Waals surface area contributed by atoms with Crippen LogP contribution in [0, 0.1) is 17.5 Å². The molecule has 1 aromatic heterocycles. The van der Waals surface area contributed by atoms with Crippen molar-refractivity contribution in [2.45, 2.75) is 6.42 Å². The van der Waals surface area contributed by atoms with Gasteiger partial charge in [-0.3, -0.25) is 9.78 Å². The summed E-state index contributed by atoms with van der Waals surface area (Å²) in [5, 5.41) is 0. The number of pyridine rings is 1. The lowest BCUT2D eigenvalue weighted by Crippen LogP contribution is -2.15. The number of aromatic nitrogens is 1. The van der Waals surface area contributed by atoms with Crippen molar-refractivity contribution >= 4 is 5.91 Å². The Labute approximate surface area is 106 Å². The molecule has 2 N–H and O–H groups in total. The number of nitrogens with two attached hydrogens (primary N) is 1. The number of amides is 1. The Balaban J connectivity index is 2.37. The maximum atomic E-state index is 13.1. The largest absolute Gasteiger partial charge is 0.366 e. The molecule has 0 saturated heterocycles. The fourth-order valence-corrected chi connectivity index (χ4v) is 1.66. The fourth-order valence-electron chi connectivity index (χ4n) is 1.66. The maximum Gasteiger partial charge on any atom is 0.250 e. The highest BCUT2D eigenvalue weighted by Gasteiger charge is 2.12. The average Bonchev–Trinajstić information content (AvgIpc) is 2.36. The molecule has 1 aromatic carbocycles. The van der Waals surface area contributed by atoms with E-state index in [0.717, 1.165) is 24.4 Å². The van der Waals surface area contributed by atoms with E-state index in [2.05, 4.69) is 4.98 Å². The standard InChI is InChI=1S/C13H9F3N2O/c14-8-5-9(13(17)19)12(18-6-8)4-7-1-2-10(15)11(16)3-7/h1-3,5-6H,4H2,(H2,17,19). The Bertz CT molecular complexity index is 644. The van der Waals surface area contributed by atoms with Crippen LogP contribution in [0.3, 0.4) is 0 Å². The Kier molecular flexibility index (Phi) is 3.50. The molecular weight excluding hydrogens is 257 g/mol. The van der Waals surface area contributed by atoms with Crippen LogP contribution in [0.25, 0.3) is 0 Å². The van der Waals surface area contributed by atoms with E-state index < -0.39 is 23.4 Å². The van der Waals surface area contributed by atoms with E-state index in [1.165, 1.54) is 6.07 Å². The molecule has 0 radical (unpaired) electrons. The molecule has 2 rings (SSSR count). The molecule has 0 aliphatic carbocycles. The van der Waals surface area contributed by atoms with Crippen molar-refractivity contribution in [1.29, 1.82) is 0 Å². The lowest BCUT2D eigenvalue weighted by molar-refractivity contribution is 0.0998. The summed E-state index contributed by atoms with van der Waals surface area (Å²) >= 11 is 0. The van der Waals surface area contributed by atoms with Crippen molar-refractivity contribution in [2.24, 2.45) is 5.73 Å². The third-order valence-electron chi connectivity index (χ3n) is 2.56. The molecule has 98 valence electrons. The molecule has 0 saturated carbocycles. The summed E-state index contributed by atoms with van der Waals surface area (Å²) < 4.78 is 38.8. The predicted molar refractivity (Wildman–Crippen MR) is 61.9 cm³/mol. The van der Waals surface area contributed by atoms with Crippen LogP contribution in [0.2, 0.25) is 0 Å². The quantitative estimate of drug-likeness (QED) is 0.925. The Morgan fingerprint density at radius 2 is 1.89 bits per heavy atom. The summed E-state index contributed by atoms with van der Waals surface area (Å²) in [6.45, 7) is 0. The number of carbonyl (C=O) groups is 1. The van der Waals surface area contributed by atoms with Gasteiger partial charge >= 0.3 is 0 Å². The van der Waals surface area contributed by atoms with Gasteiger partial charge in [0.1, 0.15) is 5.82 Å². The zero-order valence-corrected chi connectivity index (χ0v) is 9.66. The van der Waals surface area contributed by atoms with E-state index >= 15 is 0 Å². The second-order valence-corrected chi connectivity index (χ2v) is 3.94. The summed E-state index contributed by atoms with van der Waals surface area (Å²) in [5.74, 6) is -3.49. The molecule has 19 heavy (non-hydrogen) atoms. The van der Waals surface area contributed by atoms with Crippen molar-refractivity contribution in [3.05, 3.63) is 64.7 Å². The van der Waals surface area contributed by atoms with Crippen LogP contribution in [-0.4, -0.2) is 10.9 Å². The Hall–Kier alpha value is -2.37. The van der Waals surface area contributed by atoms with Gasteiger partial charge in [0.2, 0.25) is 0 Å². The van der Waals surface area contributed by atoms with Crippen LogP contribution in [0.5, 0.6) is 0 Å². The summed E-state index contributed by atoms with van der Waals surface area (Å²) in [5.41, 5.74) is 5.64. The van der Waals surface area contributed by atoms with Crippen LogP contribution in [-0.2, 0) is 6.42 Å². The van der Waals surface area contributed by atoms with Gasteiger partial charge in [0.15, 0.2) is 11.6 Å². The SMILES string of the molecule is NC(=O)c1cc(F)cnc1Cc1ccc(F)c(F)c1. The minimum atomic E-state index is -1.000. The maximum absolute atomic E-state index is 13.1. The molecule has 1 amide bonds. The summed E-state index contributed by atoms with van der Waals surface area (Å²) in [6.07, 6.45) is 0.984. The molecule has 3 nitrogen and oxygen atoms in total. The number of nitrogens with zero attached hydrogens (tertiary/aromatic N) is 1. The Morgan fingerprint density at radius 1 is 1.16 bits per heavy atom. The van der Waals surface area contributed by atoms with E-state index in [1.807, 2.05) is 0 Å². The first-order chi connectivity index (χ1) is 8.97. The summed E-state index contributed by atoms with van der Waals surface area (Å²) in [4.78, 5) is 14.9. The normalized spacial score (nSPS) is 10.5. The highest BCUT2D eigenvalue weighted by atomic mass is 19.2. The van der Waals surface area contributed by atoms with E-state index in [-0.39, 0.29) is 17.7 Å². The molecule has 0 bridgehead atoms. The molecule has 1 heterocycles. The number of rotatable bonds is 3. The molecule has 0 aliphatic heterocycles. The van der Waals surface area contributed by atoms with Crippen LogP contribution >= 0.6 is 0 Å². The van der Waals surface area contributed by atoms with Gasteiger partial charge in [-0.1, -0.05) is 6.07 Å². The molecule has 0 spiro atoms. The molecular formula is C13H9F3N2O. The summed E-state index contributed by atoms with van der Waals surface area (Å²) in [6, 6.07) is 4.28. The van der Waals surface area contributed by atoms with E-state index in [4.69, 9.17) is 5.73 Å². The van der Waals surface area contributed by atoms with Crippen molar-refractivity contribution in [2.75, 3.05) is 0 Å². The Morgan fingerprint density at radius 3 is 2.53 bits per heavy atom. The first kappa shape index (κ1) is 13.1. The minimum Gasteiger partial charge on any atom is -0.366 e. The van der Waals surface area contributed by atoms with Crippen LogP contribution in [0.15, 0.2) is 30.5 Å². The fraction of sp³-hybridized carbons (Fsp3) is 0.0769. The van der Waals surface area contributed by atoms with Crippen LogP contribution in [0.1, 0.15) is 21.6 Å². The van der Waals surface area contributed by atoms with Gasteiger partial charge in [-0.25, -0.2) is 13.2 Å². The lowest BCUT2D eigenvalue weighted by atomic mass is 10.0. The molecule has 0 fully saturated rings. The first-order valence-corrected chi connectivity index (χ1v) is 5.35. The van der Waals surface area contributed by atoms with Gasteiger partial charge in [-0.05, 0) is 23.8 Å². The van der Waals surface area contributed by atoms with Crippen LogP contribution < -0.4 is 5.73 Å². The van der Waals surface area contributed by atoms with E-state index in [1.54, 1.807) is 0 Å². The molecule has 6 heteroatoms. The van der Waals surface area contributed by atoms with Crippen molar-refractivity contribution in [1.82, 2.24) is 4.98 Å². The molecule has 0 atom stereocenters. The smallest absolute Gasteiger partial charge is 0.250 e. The number of halogens is 3. The van der Waals surface area contributed by atoms with Gasteiger partial charge in [0, 0.05) is 6.42 Å². The van der Waals surface area contributed by atoms with E-state index in [9.17, 15) is 18.0 Å². The second kappa shape index (κ2) is 5.09. The monoisotopic (exact) mass is 266 g/mol. The lowest BCUT2D eigenvalue weighted by Gasteiger charge is -2.06. The number of hydrogen-bond donors (Lipinski definition) is 1. The predicted octanol–water partition coefficient (Wildman–Crippen LogP) is 2.19. The summed E-state index contributed by atoms with van der Waals surface area (Å²) in [7, 11) is 0. The third kappa shape index (κ3) is 2.90. The number of hydrogen-bond acceptors (Lipinski definition) is 2. The van der Waals surface area contributed by atoms with Gasteiger partial charge in [-0.15, -0.1) is 0 Å². The van der Waals surface area contributed by atoms with Crippen molar-refractivity contribution in [3.63, 3.8) is 0 Å². The molecule has 2 aromatic rings. The van der Waals surface area contributed by atoms with Gasteiger partial charge < -0.3 is 5.73 Å². The minimum absolute atomic E-state index is 0.0513. The number of primary amides is 1. The van der Waals surface area contributed by atoms with Gasteiger partial charge in [0.25, 0.3) is 5.91 Å². The third-order valence-corrected chi connectivity index (χ3v) is 2.56. The van der Waals surface area contributed by atoms with Crippen molar-refractivity contribution in [3.8, 4) is 0 Å². The highest BCUT2D eigenvalue weighted by molar-refractivity contribution is 5.93. The van der Waals surface area contributed by atoms with Gasteiger partial charge in [-0.2, -0.15) is 0 Å². The highest BCUT2D eigenvalue weighted by Crippen LogP contribution is 2.15. The number of benzene rings is 1. The molecule has 0 aliphatic rings. The first-order valence-electron chi connectivity index (χ1n) is 5.35. The molecule has 0 unspecified atom stereocenters. The van der Waals surface area contributed by atoms with Crippen molar-refractivity contribution < 1.29 is 18.0 Å². The van der Waals surface area contributed by atoms with Crippen LogP contribution in [0.4, 0.5) is 13.2 Å². The van der Waals surface area contributed by atoms with E-state index in [0.29, 0.717) is 5.56 Å².